The zero-order valence-corrected chi connectivity index (χ0v) is 16.1. The first-order valence-electron chi connectivity index (χ1n) is 9.20. The second kappa shape index (κ2) is 6.01. The maximum atomic E-state index is 9.81. The molecule has 1 aliphatic carbocycles. The number of aromatic nitrogens is 4. The molecule has 3 aromatic rings. The van der Waals surface area contributed by atoms with Gasteiger partial charge in [0.2, 0.25) is 0 Å². The molecule has 7 nitrogen and oxygen atoms in total. The van der Waals surface area contributed by atoms with Crippen LogP contribution in [0.3, 0.4) is 0 Å². The second-order valence-corrected chi connectivity index (χ2v) is 8.24. The lowest BCUT2D eigenvalue weighted by atomic mass is 9.97. The molecular formula is C19H20N6OS. The van der Waals surface area contributed by atoms with E-state index in [0.717, 1.165) is 58.1 Å². The number of nitrogens with one attached hydrogen (secondary N) is 1. The minimum Gasteiger partial charge on any atom is -0.377 e. The smallest absolute Gasteiger partial charge is 0.130 e. The number of nitrogens with zero attached hydrogens (tertiary/aromatic N) is 5. The molecule has 0 aromatic carbocycles. The zero-order valence-electron chi connectivity index (χ0n) is 15.3. The van der Waals surface area contributed by atoms with Gasteiger partial charge in [-0.2, -0.15) is 14.7 Å². The van der Waals surface area contributed by atoms with E-state index in [1.54, 1.807) is 0 Å². The Morgan fingerprint density at radius 3 is 2.93 bits per heavy atom. The van der Waals surface area contributed by atoms with Crippen LogP contribution in [-0.4, -0.2) is 45.4 Å². The molecule has 0 unspecified atom stereocenters. The van der Waals surface area contributed by atoms with Gasteiger partial charge in [0.25, 0.3) is 0 Å². The first-order chi connectivity index (χ1) is 13.1. The van der Waals surface area contributed by atoms with Crippen molar-refractivity contribution < 1.29 is 4.74 Å². The number of rotatable bonds is 3. The molecule has 8 heteroatoms. The lowest BCUT2D eigenvalue weighted by Crippen LogP contribution is -2.44. The Kier molecular flexibility index (Phi) is 3.71. The van der Waals surface area contributed by atoms with Crippen molar-refractivity contribution in [2.75, 3.05) is 24.7 Å². The summed E-state index contributed by atoms with van der Waals surface area (Å²) in [4.78, 5) is 7.27. The summed E-state index contributed by atoms with van der Waals surface area (Å²) in [6.07, 6.45) is 1.80. The van der Waals surface area contributed by atoms with Crippen LogP contribution < -0.4 is 4.90 Å². The van der Waals surface area contributed by atoms with Crippen molar-refractivity contribution in [1.29, 1.82) is 5.26 Å². The van der Waals surface area contributed by atoms with Crippen molar-refractivity contribution >= 4 is 27.6 Å². The fourth-order valence-corrected chi connectivity index (χ4v) is 4.71. The summed E-state index contributed by atoms with van der Waals surface area (Å²) < 4.78 is 11.3. The predicted molar refractivity (Wildman–Crippen MR) is 104 cm³/mol. The predicted octanol–water partition coefficient (Wildman–Crippen LogP) is 3.17. The average molecular weight is 380 g/mol. The van der Waals surface area contributed by atoms with Gasteiger partial charge in [-0.25, -0.2) is 4.98 Å². The van der Waals surface area contributed by atoms with Crippen LogP contribution in [0.2, 0.25) is 0 Å². The normalized spacial score (nSPS) is 21.4. The number of pyridine rings is 1. The first-order valence-corrected chi connectivity index (χ1v) is 9.97. The molecule has 2 aliphatic rings. The number of anilines is 1. The van der Waals surface area contributed by atoms with E-state index < -0.39 is 0 Å². The van der Waals surface area contributed by atoms with Crippen LogP contribution in [0.15, 0.2) is 12.1 Å². The fraction of sp³-hybridized carbons (Fsp3) is 0.474. The van der Waals surface area contributed by atoms with Gasteiger partial charge in [-0.1, -0.05) is 0 Å². The summed E-state index contributed by atoms with van der Waals surface area (Å²) in [6, 6.07) is 6.89. The van der Waals surface area contributed by atoms with Crippen LogP contribution in [0.1, 0.15) is 31.0 Å². The largest absolute Gasteiger partial charge is 0.377 e. The van der Waals surface area contributed by atoms with Gasteiger partial charge in [-0.3, -0.25) is 5.10 Å². The Hall–Kier alpha value is -2.50. The summed E-state index contributed by atoms with van der Waals surface area (Å²) in [6.45, 7) is 6.27. The minimum absolute atomic E-state index is 0.248. The van der Waals surface area contributed by atoms with E-state index in [0.29, 0.717) is 13.2 Å². The third-order valence-corrected chi connectivity index (χ3v) is 6.38. The van der Waals surface area contributed by atoms with Crippen molar-refractivity contribution in [3.8, 4) is 17.5 Å². The summed E-state index contributed by atoms with van der Waals surface area (Å²) in [7, 11) is 0. The molecular weight excluding hydrogens is 360 g/mol. The summed E-state index contributed by atoms with van der Waals surface area (Å²) >= 11 is 1.43. The Morgan fingerprint density at radius 1 is 1.41 bits per heavy atom. The number of nitriles is 1. The van der Waals surface area contributed by atoms with Crippen LogP contribution in [0, 0.1) is 18.3 Å². The van der Waals surface area contributed by atoms with Crippen molar-refractivity contribution in [2.24, 2.45) is 0 Å². The van der Waals surface area contributed by atoms with Crippen LogP contribution in [0.25, 0.3) is 21.6 Å². The average Bonchev–Trinajstić information content (AvgIpc) is 3.18. The Labute approximate surface area is 161 Å². The van der Waals surface area contributed by atoms with Gasteiger partial charge in [0.1, 0.15) is 17.0 Å². The third kappa shape index (κ3) is 2.61. The molecule has 0 bridgehead atoms. The van der Waals surface area contributed by atoms with E-state index in [-0.39, 0.29) is 11.5 Å². The monoisotopic (exact) mass is 380 g/mol. The number of hydrogen-bond donors (Lipinski definition) is 1. The van der Waals surface area contributed by atoms with Crippen molar-refractivity contribution in [1.82, 2.24) is 19.6 Å². The van der Waals surface area contributed by atoms with Gasteiger partial charge >= 0.3 is 0 Å². The Balaban J connectivity index is 1.73. The van der Waals surface area contributed by atoms with Crippen LogP contribution >= 0.6 is 11.5 Å². The Morgan fingerprint density at radius 2 is 2.26 bits per heavy atom. The molecule has 4 heterocycles. The van der Waals surface area contributed by atoms with Crippen LogP contribution in [0.4, 0.5) is 5.82 Å². The minimum atomic E-state index is -0.390. The quantitative estimate of drug-likeness (QED) is 0.750. The fourth-order valence-electron chi connectivity index (χ4n) is 3.76. The summed E-state index contributed by atoms with van der Waals surface area (Å²) in [5.74, 6) is 0.910. The second-order valence-electron chi connectivity index (χ2n) is 7.47. The van der Waals surface area contributed by atoms with Crippen molar-refractivity contribution in [3.05, 3.63) is 23.4 Å². The molecule has 2 fully saturated rings. The number of aryl methyl sites for hydroxylation is 1. The molecule has 0 amide bonds. The van der Waals surface area contributed by atoms with E-state index in [9.17, 15) is 5.26 Å². The highest BCUT2D eigenvalue weighted by Gasteiger charge is 2.47. The van der Waals surface area contributed by atoms with E-state index >= 15 is 0 Å². The molecule has 1 saturated heterocycles. The highest BCUT2D eigenvalue weighted by molar-refractivity contribution is 7.13. The van der Waals surface area contributed by atoms with Gasteiger partial charge in [0.05, 0.1) is 46.8 Å². The number of hydrogen-bond acceptors (Lipinski definition) is 7. The molecule has 1 atom stereocenters. The Bertz CT molecular complexity index is 1060. The lowest BCUT2D eigenvalue weighted by molar-refractivity contribution is 0.0985. The standard InChI is InChI=1S/C19H20N6OS/c1-11-7-14(23-22-11)16-17-18(27-24-16)13(19(10-20)3-4-19)8-15(21-17)25-5-6-26-9-12(25)2/h7-8,12H,3-6,9H2,1-2H3,(H,22,23)/t12-/m1/s1. The zero-order chi connectivity index (χ0) is 18.6. The molecule has 1 aliphatic heterocycles. The molecule has 0 spiro atoms. The van der Waals surface area contributed by atoms with Crippen LogP contribution in [-0.2, 0) is 10.2 Å². The van der Waals surface area contributed by atoms with Crippen molar-refractivity contribution in [2.45, 2.75) is 38.1 Å². The van der Waals surface area contributed by atoms with E-state index in [4.69, 9.17) is 9.72 Å². The number of aromatic amines is 1. The highest BCUT2D eigenvalue weighted by Crippen LogP contribution is 2.51. The highest BCUT2D eigenvalue weighted by atomic mass is 32.1. The molecule has 0 radical (unpaired) electrons. The SMILES string of the molecule is Cc1cc(-c2nsc3c(C4(C#N)CC4)cc(N4CCOC[C@H]4C)nc23)[nH]n1. The van der Waals surface area contributed by atoms with Crippen molar-refractivity contribution in [3.63, 3.8) is 0 Å². The van der Waals surface area contributed by atoms with Gasteiger partial charge < -0.3 is 9.64 Å². The molecule has 27 heavy (non-hydrogen) atoms. The van der Waals surface area contributed by atoms with Gasteiger partial charge in [-0.05, 0) is 55.9 Å². The van der Waals surface area contributed by atoms with Gasteiger partial charge in [0, 0.05) is 6.54 Å². The topological polar surface area (TPSA) is 90.7 Å². The van der Waals surface area contributed by atoms with E-state index in [1.165, 1.54) is 11.5 Å². The molecule has 5 rings (SSSR count). The van der Waals surface area contributed by atoms with E-state index in [2.05, 4.69) is 38.5 Å². The molecule has 138 valence electrons. The molecule has 1 saturated carbocycles. The maximum absolute atomic E-state index is 9.81. The number of H-pyrrole nitrogens is 1. The number of ether oxygens (including phenoxy) is 1. The lowest BCUT2D eigenvalue weighted by Gasteiger charge is -2.34. The summed E-state index contributed by atoms with van der Waals surface area (Å²) in [5.41, 5.74) is 4.14. The third-order valence-electron chi connectivity index (χ3n) is 5.51. The number of morpholine rings is 1. The maximum Gasteiger partial charge on any atom is 0.130 e. The first kappa shape index (κ1) is 16.7. The van der Waals surface area contributed by atoms with Gasteiger partial charge in [-0.15, -0.1) is 0 Å². The van der Waals surface area contributed by atoms with Crippen LogP contribution in [0.5, 0.6) is 0 Å². The molecule has 1 N–H and O–H groups in total. The van der Waals surface area contributed by atoms with E-state index in [1.807, 2.05) is 13.0 Å². The molecule has 3 aromatic heterocycles. The van der Waals surface area contributed by atoms with Gasteiger partial charge in [0.15, 0.2) is 0 Å². The summed E-state index contributed by atoms with van der Waals surface area (Å²) in [5, 5.41) is 17.1. The number of fused-ring (bicyclic) bond motifs is 1.